The highest BCUT2D eigenvalue weighted by Gasteiger charge is 2.62. The van der Waals surface area contributed by atoms with Gasteiger partial charge in [0.1, 0.15) is 0 Å². The molecule has 1 unspecified atom stereocenters. The smallest absolute Gasteiger partial charge is 0.341 e. The number of alkyl halides is 3. The molecule has 1 aliphatic heterocycles. The van der Waals surface area contributed by atoms with E-state index in [0.29, 0.717) is 24.9 Å². The number of carbonyl (C=O) groups is 2. The molecule has 2 fully saturated rings. The van der Waals surface area contributed by atoms with Gasteiger partial charge in [-0.2, -0.15) is 13.2 Å². The molecule has 7 heteroatoms. The minimum Gasteiger partial charge on any atom is -0.341 e. The van der Waals surface area contributed by atoms with E-state index in [-0.39, 0.29) is 5.41 Å². The molecule has 4 nitrogen and oxygen atoms in total. The van der Waals surface area contributed by atoms with Gasteiger partial charge in [0.25, 0.3) is 0 Å². The molecule has 2 amide bonds. The summed E-state index contributed by atoms with van der Waals surface area (Å²) in [4.78, 5) is 23.7. The lowest BCUT2D eigenvalue weighted by Crippen LogP contribution is -2.44. The zero-order chi connectivity index (χ0) is 13.7. The Morgan fingerprint density at radius 1 is 1.28 bits per heavy atom. The summed E-state index contributed by atoms with van der Waals surface area (Å²) >= 11 is 0. The Morgan fingerprint density at radius 3 is 2.22 bits per heavy atom. The van der Waals surface area contributed by atoms with Crippen molar-refractivity contribution in [3.05, 3.63) is 0 Å². The van der Waals surface area contributed by atoms with Gasteiger partial charge >= 0.3 is 12.1 Å². The summed E-state index contributed by atoms with van der Waals surface area (Å²) in [6.07, 6.45) is -4.94. The second-order valence-corrected chi connectivity index (χ2v) is 5.51. The lowest BCUT2D eigenvalue weighted by atomic mass is 10.1. The van der Waals surface area contributed by atoms with Crippen LogP contribution in [0.1, 0.15) is 13.8 Å². The monoisotopic (exact) mass is 264 g/mol. The lowest BCUT2D eigenvalue weighted by Gasteiger charge is -2.22. The van der Waals surface area contributed by atoms with Crippen LogP contribution in [0.5, 0.6) is 0 Å². The van der Waals surface area contributed by atoms with E-state index in [4.69, 9.17) is 0 Å². The third-order valence-corrected chi connectivity index (χ3v) is 4.13. The average Bonchev–Trinajstić information content (AvgIpc) is 2.68. The number of halogens is 3. The predicted molar refractivity (Wildman–Crippen MR) is 56.4 cm³/mol. The molecule has 0 aromatic rings. The number of fused-ring (bicyclic) bond motifs is 1. The predicted octanol–water partition coefficient (Wildman–Crippen LogP) is 0.779. The van der Waals surface area contributed by atoms with Crippen LogP contribution >= 0.6 is 0 Å². The van der Waals surface area contributed by atoms with Crippen molar-refractivity contribution in [1.29, 1.82) is 0 Å². The number of likely N-dealkylation sites (tertiary alicyclic amines) is 1. The molecule has 0 bridgehead atoms. The van der Waals surface area contributed by atoms with E-state index in [0.717, 1.165) is 0 Å². The zero-order valence-corrected chi connectivity index (χ0v) is 10.2. The fourth-order valence-corrected chi connectivity index (χ4v) is 2.70. The fourth-order valence-electron chi connectivity index (χ4n) is 2.70. The second kappa shape index (κ2) is 3.86. The topological polar surface area (TPSA) is 49.4 Å². The molecule has 0 spiro atoms. The normalized spacial score (nSPS) is 28.8. The number of nitrogens with zero attached hydrogens (tertiary/aromatic N) is 1. The number of rotatable bonds is 2. The van der Waals surface area contributed by atoms with Crippen molar-refractivity contribution in [2.24, 2.45) is 17.3 Å². The highest BCUT2D eigenvalue weighted by Crippen LogP contribution is 2.61. The lowest BCUT2D eigenvalue weighted by molar-refractivity contribution is -0.174. The van der Waals surface area contributed by atoms with Crippen LogP contribution in [0.2, 0.25) is 0 Å². The van der Waals surface area contributed by atoms with Gasteiger partial charge in [-0.3, -0.25) is 9.59 Å². The van der Waals surface area contributed by atoms with Crippen molar-refractivity contribution >= 4 is 11.8 Å². The van der Waals surface area contributed by atoms with Crippen LogP contribution in [-0.4, -0.2) is 42.5 Å². The Balaban J connectivity index is 1.77. The van der Waals surface area contributed by atoms with Crippen LogP contribution in [-0.2, 0) is 9.59 Å². The summed E-state index contributed by atoms with van der Waals surface area (Å²) in [6, 6.07) is 0. The first-order chi connectivity index (χ1) is 8.14. The van der Waals surface area contributed by atoms with Gasteiger partial charge in [0.15, 0.2) is 0 Å². The summed E-state index contributed by atoms with van der Waals surface area (Å²) in [5.41, 5.74) is 0.242. The maximum atomic E-state index is 11.9. The van der Waals surface area contributed by atoms with E-state index in [1.807, 2.05) is 0 Å². The quantitative estimate of drug-likeness (QED) is 0.801. The molecule has 1 aliphatic carbocycles. The first kappa shape index (κ1) is 13.2. The van der Waals surface area contributed by atoms with Crippen molar-refractivity contribution in [3.63, 3.8) is 0 Å². The summed E-state index contributed by atoms with van der Waals surface area (Å²) in [6.45, 7) is 4.82. The fraction of sp³-hybridized carbons (Fsp3) is 0.818. The van der Waals surface area contributed by atoms with Gasteiger partial charge in [-0.05, 0) is 17.3 Å². The molecule has 1 saturated carbocycles. The van der Waals surface area contributed by atoms with Gasteiger partial charge in [0, 0.05) is 13.1 Å². The first-order valence-electron chi connectivity index (χ1n) is 5.77. The van der Waals surface area contributed by atoms with Crippen molar-refractivity contribution < 1.29 is 22.8 Å². The van der Waals surface area contributed by atoms with Gasteiger partial charge in [-0.1, -0.05) is 13.8 Å². The van der Waals surface area contributed by atoms with Crippen LogP contribution in [0.15, 0.2) is 0 Å². The summed E-state index contributed by atoms with van der Waals surface area (Å²) < 4.78 is 35.7. The highest BCUT2D eigenvalue weighted by molar-refractivity contribution is 5.87. The Hall–Kier alpha value is -1.27. The van der Waals surface area contributed by atoms with E-state index in [9.17, 15) is 22.8 Å². The minimum atomic E-state index is -4.94. The number of amides is 2. The third-order valence-electron chi connectivity index (χ3n) is 4.13. The molecule has 1 heterocycles. The number of carbonyl (C=O) groups excluding carboxylic acids is 2. The molecule has 0 aromatic heterocycles. The van der Waals surface area contributed by atoms with Crippen molar-refractivity contribution in [1.82, 2.24) is 10.2 Å². The molecule has 1 saturated heterocycles. The average molecular weight is 264 g/mol. The highest BCUT2D eigenvalue weighted by atomic mass is 19.4. The van der Waals surface area contributed by atoms with Crippen molar-refractivity contribution in [2.75, 3.05) is 19.6 Å². The standard InChI is InChI=1S/C11H15F3N2O2/c1-10(2)6-4-16(5-7(6)10)8(17)3-15-9(18)11(12,13)14/h6-7H,3-5H2,1-2H3,(H,15,18)/t6-,7?/m0/s1. The molecule has 18 heavy (non-hydrogen) atoms. The van der Waals surface area contributed by atoms with Gasteiger partial charge < -0.3 is 10.2 Å². The largest absolute Gasteiger partial charge is 0.471 e. The summed E-state index contributed by atoms with van der Waals surface area (Å²) in [5.74, 6) is -1.63. The number of hydrogen-bond donors (Lipinski definition) is 1. The van der Waals surface area contributed by atoms with Crippen LogP contribution < -0.4 is 5.32 Å². The Kier molecular flexibility index (Phi) is 2.82. The van der Waals surface area contributed by atoms with E-state index in [1.54, 1.807) is 5.32 Å². The van der Waals surface area contributed by atoms with Crippen LogP contribution in [0.4, 0.5) is 13.2 Å². The van der Waals surface area contributed by atoms with Gasteiger partial charge in [-0.15, -0.1) is 0 Å². The van der Waals surface area contributed by atoms with Crippen molar-refractivity contribution in [3.8, 4) is 0 Å². The van der Waals surface area contributed by atoms with Gasteiger partial charge in [0.05, 0.1) is 6.54 Å². The SMILES string of the molecule is CC1(C)C2CN(C(=O)CNC(=O)C(F)(F)F)C[C@@H]21. The third kappa shape index (κ3) is 2.18. The Labute approximate surface area is 103 Å². The molecule has 0 radical (unpaired) electrons. The minimum absolute atomic E-state index is 0.242. The molecule has 2 atom stereocenters. The van der Waals surface area contributed by atoms with E-state index < -0.39 is 24.5 Å². The molecule has 0 aromatic carbocycles. The van der Waals surface area contributed by atoms with Crippen LogP contribution in [0, 0.1) is 17.3 Å². The van der Waals surface area contributed by atoms with E-state index in [2.05, 4.69) is 13.8 Å². The van der Waals surface area contributed by atoms with E-state index >= 15 is 0 Å². The molecule has 1 N–H and O–H groups in total. The van der Waals surface area contributed by atoms with Crippen molar-refractivity contribution in [2.45, 2.75) is 20.0 Å². The Bertz CT molecular complexity index is 378. The first-order valence-corrected chi connectivity index (χ1v) is 5.77. The summed E-state index contributed by atoms with van der Waals surface area (Å²) in [7, 11) is 0. The number of piperidine rings is 1. The summed E-state index contributed by atoms with van der Waals surface area (Å²) in [5, 5.41) is 1.59. The van der Waals surface area contributed by atoms with Gasteiger partial charge in [0.2, 0.25) is 5.91 Å². The molecular formula is C11H15F3N2O2. The molecular weight excluding hydrogens is 249 g/mol. The molecule has 2 rings (SSSR count). The molecule has 102 valence electrons. The van der Waals surface area contributed by atoms with Crippen LogP contribution in [0.25, 0.3) is 0 Å². The van der Waals surface area contributed by atoms with E-state index in [1.165, 1.54) is 4.90 Å². The zero-order valence-electron chi connectivity index (χ0n) is 10.2. The second-order valence-electron chi connectivity index (χ2n) is 5.51. The van der Waals surface area contributed by atoms with Gasteiger partial charge in [-0.25, -0.2) is 0 Å². The molecule has 2 aliphatic rings. The number of hydrogen-bond acceptors (Lipinski definition) is 2. The van der Waals surface area contributed by atoms with Crippen LogP contribution in [0.3, 0.4) is 0 Å². The maximum Gasteiger partial charge on any atom is 0.471 e. The maximum absolute atomic E-state index is 11.9. The number of nitrogens with one attached hydrogen (secondary N) is 1. The Morgan fingerprint density at radius 2 is 1.78 bits per heavy atom.